The summed E-state index contributed by atoms with van der Waals surface area (Å²) >= 11 is 4.67. The lowest BCUT2D eigenvalue weighted by Gasteiger charge is -2.42. The minimum Gasteiger partial charge on any atom is -0.359 e. The highest BCUT2D eigenvalue weighted by Crippen LogP contribution is 2.48. The first kappa shape index (κ1) is 50.1. The standard InChI is InChI=1S/C49H68F2I2O6/c1-32-18-38(50)26-42(34-20-36(24-40(52)22-34)46(9,10)28-44(3,4)5)48(32,58-30-54-13)56-16-15-17-57-49(59-31-55-14)33(2)19-39(51)27-43(49)35-21-37(25-41(53)23-35)47(11,12)29-45(6,7)8/h18-27,32-33H,15-17,28-31H2,1-14H3. The molecule has 4 unspecified atom stereocenters. The van der Waals surface area contributed by atoms with Crippen LogP contribution < -0.4 is 0 Å². The lowest BCUT2D eigenvalue weighted by atomic mass is 9.71. The summed E-state index contributed by atoms with van der Waals surface area (Å²) in [6, 6.07) is 12.8. The number of benzene rings is 2. The number of ether oxygens (including phenoxy) is 6. The predicted molar refractivity (Wildman–Crippen MR) is 253 cm³/mol. The molecule has 0 bridgehead atoms. The molecule has 2 aliphatic rings. The molecule has 0 amide bonds. The van der Waals surface area contributed by atoms with Crippen LogP contribution in [-0.4, -0.2) is 52.6 Å². The van der Waals surface area contributed by atoms with Crippen LogP contribution in [0.25, 0.3) is 11.1 Å². The SMILES string of the molecule is COCOC1(OCCCOC2(OCOC)C(c3cc(I)cc(C(C)(C)CC(C)(C)C)c3)=CC(F)=CC2C)C(c2cc(I)cc(C(C)(C)CC(C)(C)C)c2)=CC(F)=CC1C. The van der Waals surface area contributed by atoms with E-state index >= 15 is 8.78 Å². The van der Waals surface area contributed by atoms with Gasteiger partial charge in [0.05, 0.1) is 13.2 Å². The van der Waals surface area contributed by atoms with Crippen LogP contribution in [-0.2, 0) is 39.3 Å². The van der Waals surface area contributed by atoms with Gasteiger partial charge in [-0.15, -0.1) is 0 Å². The third-order valence-electron chi connectivity index (χ3n) is 11.0. The minimum atomic E-state index is -1.36. The van der Waals surface area contributed by atoms with Crippen molar-refractivity contribution in [2.75, 3.05) is 41.0 Å². The molecule has 0 aliphatic heterocycles. The second kappa shape index (κ2) is 19.9. The molecule has 10 heteroatoms. The second-order valence-corrected chi connectivity index (χ2v) is 22.5. The van der Waals surface area contributed by atoms with Gasteiger partial charge in [-0.05, 0) is 157 Å². The number of hydrogen-bond acceptors (Lipinski definition) is 6. The van der Waals surface area contributed by atoms with Crippen LogP contribution in [0.2, 0.25) is 0 Å². The molecule has 4 rings (SSSR count). The zero-order chi connectivity index (χ0) is 44.2. The van der Waals surface area contributed by atoms with Gasteiger partial charge in [0.25, 0.3) is 0 Å². The fourth-order valence-electron chi connectivity index (χ4n) is 9.18. The molecule has 0 fully saturated rings. The van der Waals surface area contributed by atoms with Crippen LogP contribution in [0, 0.1) is 29.8 Å². The molecular formula is C49H68F2I2O6. The van der Waals surface area contributed by atoms with E-state index in [-0.39, 0.29) is 60.1 Å². The Morgan fingerprint density at radius 1 is 0.559 bits per heavy atom. The monoisotopic (exact) mass is 1040 g/mol. The van der Waals surface area contributed by atoms with Gasteiger partial charge < -0.3 is 28.4 Å². The molecule has 0 aromatic heterocycles. The van der Waals surface area contributed by atoms with Crippen molar-refractivity contribution in [1.82, 2.24) is 0 Å². The summed E-state index contributed by atoms with van der Waals surface area (Å²) in [7, 11) is 3.12. The van der Waals surface area contributed by atoms with Crippen molar-refractivity contribution in [3.8, 4) is 0 Å². The first-order valence-corrected chi connectivity index (χ1v) is 22.8. The normalized spacial score (nSPS) is 23.2. The Hall–Kier alpha value is -1.52. The average molecular weight is 1040 g/mol. The molecule has 2 aromatic carbocycles. The molecule has 328 valence electrons. The zero-order valence-electron chi connectivity index (χ0n) is 37.8. The van der Waals surface area contributed by atoms with E-state index in [9.17, 15) is 0 Å². The number of halogens is 4. The molecule has 6 nitrogen and oxygen atoms in total. The van der Waals surface area contributed by atoms with Crippen LogP contribution in [0.15, 0.2) is 72.4 Å². The molecule has 0 N–H and O–H groups in total. The highest BCUT2D eigenvalue weighted by Gasteiger charge is 2.47. The Morgan fingerprint density at radius 2 is 0.915 bits per heavy atom. The predicted octanol–water partition coefficient (Wildman–Crippen LogP) is 13.9. The number of hydrogen-bond donors (Lipinski definition) is 0. The summed E-state index contributed by atoms with van der Waals surface area (Å²) in [4.78, 5) is 0. The van der Waals surface area contributed by atoms with Crippen LogP contribution in [0.3, 0.4) is 0 Å². The van der Waals surface area contributed by atoms with Gasteiger partial charge >= 0.3 is 0 Å². The van der Waals surface area contributed by atoms with Crippen LogP contribution >= 0.6 is 45.2 Å². The zero-order valence-corrected chi connectivity index (χ0v) is 42.2. The van der Waals surface area contributed by atoms with E-state index in [1.54, 1.807) is 14.2 Å². The van der Waals surface area contributed by atoms with Gasteiger partial charge in [-0.25, -0.2) is 8.78 Å². The van der Waals surface area contributed by atoms with Crippen molar-refractivity contribution < 1.29 is 37.2 Å². The largest absolute Gasteiger partial charge is 0.359 e. The summed E-state index contributed by atoms with van der Waals surface area (Å²) in [5.41, 5.74) is 5.04. The van der Waals surface area contributed by atoms with Gasteiger partial charge in [0.2, 0.25) is 11.6 Å². The molecule has 0 saturated carbocycles. The summed E-state index contributed by atoms with van der Waals surface area (Å²) in [6.07, 6.45) is 8.43. The Bertz CT molecular complexity index is 1770. The Labute approximate surface area is 381 Å². The van der Waals surface area contributed by atoms with E-state index in [0.717, 1.165) is 42.2 Å². The lowest BCUT2D eigenvalue weighted by molar-refractivity contribution is -0.262. The van der Waals surface area contributed by atoms with Gasteiger partial charge in [-0.1, -0.05) is 95.2 Å². The number of allylic oxidation sites excluding steroid dienone is 4. The molecular weight excluding hydrogens is 976 g/mol. The van der Waals surface area contributed by atoms with Gasteiger partial charge in [-0.3, -0.25) is 0 Å². The highest BCUT2D eigenvalue weighted by atomic mass is 127. The molecule has 0 spiro atoms. The van der Waals surface area contributed by atoms with Gasteiger partial charge in [-0.2, -0.15) is 0 Å². The van der Waals surface area contributed by atoms with Gasteiger partial charge in [0, 0.05) is 44.3 Å². The second-order valence-electron chi connectivity index (χ2n) is 20.0. The van der Waals surface area contributed by atoms with E-state index in [1.807, 2.05) is 26.0 Å². The molecule has 2 aromatic rings. The lowest BCUT2D eigenvalue weighted by Crippen LogP contribution is -2.46. The molecule has 2 aliphatic carbocycles. The van der Waals surface area contributed by atoms with Crippen molar-refractivity contribution in [3.05, 3.63) is 102 Å². The Morgan fingerprint density at radius 3 is 1.24 bits per heavy atom. The van der Waals surface area contributed by atoms with Crippen molar-refractivity contribution >= 4 is 56.3 Å². The van der Waals surface area contributed by atoms with E-state index in [4.69, 9.17) is 28.4 Å². The van der Waals surface area contributed by atoms with E-state index in [2.05, 4.69) is 139 Å². The number of rotatable bonds is 18. The summed E-state index contributed by atoms with van der Waals surface area (Å²) in [5.74, 6) is -4.44. The fraction of sp³-hybridized carbons (Fsp3) is 0.592. The van der Waals surface area contributed by atoms with Crippen LogP contribution in [0.4, 0.5) is 8.78 Å². The smallest absolute Gasteiger partial charge is 0.204 e. The first-order chi connectivity index (χ1) is 27.3. The van der Waals surface area contributed by atoms with Gasteiger partial charge in [0.15, 0.2) is 0 Å². The molecule has 0 saturated heterocycles. The quantitative estimate of drug-likeness (QED) is 0.0842. The van der Waals surface area contributed by atoms with Crippen LogP contribution in [0.1, 0.15) is 125 Å². The maximum atomic E-state index is 15.5. The molecule has 4 atom stereocenters. The van der Waals surface area contributed by atoms with Crippen molar-refractivity contribution in [2.45, 2.75) is 125 Å². The molecule has 0 radical (unpaired) electrons. The third kappa shape index (κ3) is 12.8. The van der Waals surface area contributed by atoms with Crippen molar-refractivity contribution in [2.24, 2.45) is 22.7 Å². The topological polar surface area (TPSA) is 55.4 Å². The number of methoxy groups -OCH3 is 2. The maximum absolute atomic E-state index is 15.5. The average Bonchev–Trinajstić information content (AvgIpc) is 3.09. The van der Waals surface area contributed by atoms with Crippen molar-refractivity contribution in [3.63, 3.8) is 0 Å². The van der Waals surface area contributed by atoms with Gasteiger partial charge in [0.1, 0.15) is 25.2 Å². The minimum absolute atomic E-state index is 0.0676. The summed E-state index contributed by atoms with van der Waals surface area (Å²) < 4.78 is 70.4. The van der Waals surface area contributed by atoms with Crippen LogP contribution in [0.5, 0.6) is 0 Å². The maximum Gasteiger partial charge on any atom is 0.204 e. The molecule has 0 heterocycles. The molecule has 59 heavy (non-hydrogen) atoms. The van der Waals surface area contributed by atoms with E-state index in [0.29, 0.717) is 17.6 Å². The summed E-state index contributed by atoms with van der Waals surface area (Å²) in [5, 5.41) is 0. The summed E-state index contributed by atoms with van der Waals surface area (Å²) in [6.45, 7) is 26.5. The fourth-order valence-corrected chi connectivity index (χ4v) is 10.5. The Kier molecular flexibility index (Phi) is 16.9. The van der Waals surface area contributed by atoms with E-state index in [1.165, 1.54) is 24.3 Å². The third-order valence-corrected chi connectivity index (χ3v) is 12.2. The first-order valence-electron chi connectivity index (χ1n) is 20.6. The van der Waals surface area contributed by atoms with Crippen molar-refractivity contribution in [1.29, 1.82) is 0 Å². The Balaban J connectivity index is 1.68. The van der Waals surface area contributed by atoms with E-state index < -0.39 is 23.4 Å². The highest BCUT2D eigenvalue weighted by molar-refractivity contribution is 14.1.